The van der Waals surface area contributed by atoms with Crippen molar-refractivity contribution in [2.24, 2.45) is 0 Å². The van der Waals surface area contributed by atoms with Gasteiger partial charge in [0.1, 0.15) is 5.75 Å². The number of anilines is 3. The number of carbonyl (C=O) groups is 2. The van der Waals surface area contributed by atoms with E-state index in [2.05, 4.69) is 5.32 Å². The summed E-state index contributed by atoms with van der Waals surface area (Å²) in [7, 11) is 0. The fraction of sp³-hybridized carbons (Fsp3) is 0.0476. The van der Waals surface area contributed by atoms with Gasteiger partial charge in [-0.25, -0.2) is 9.69 Å². The molecule has 26 heavy (non-hydrogen) atoms. The van der Waals surface area contributed by atoms with Crippen LogP contribution in [0.15, 0.2) is 84.9 Å². The van der Waals surface area contributed by atoms with E-state index >= 15 is 0 Å². The molecule has 3 aromatic rings. The maximum absolute atomic E-state index is 12.9. The van der Waals surface area contributed by atoms with Crippen molar-refractivity contribution in [1.29, 1.82) is 0 Å². The average Bonchev–Trinajstić information content (AvgIpc) is 2.63. The third-order valence-corrected chi connectivity index (χ3v) is 3.57. The van der Waals surface area contributed by atoms with Gasteiger partial charge in [0.2, 0.25) is 5.91 Å². The topological polar surface area (TPSA) is 58.6 Å². The van der Waals surface area contributed by atoms with E-state index in [0.717, 1.165) is 0 Å². The van der Waals surface area contributed by atoms with Gasteiger partial charge >= 0.3 is 6.09 Å². The molecular weight excluding hydrogens is 328 g/mol. The second kappa shape index (κ2) is 7.98. The van der Waals surface area contributed by atoms with Crippen molar-refractivity contribution < 1.29 is 14.3 Å². The number of amides is 2. The van der Waals surface area contributed by atoms with E-state index in [1.807, 2.05) is 60.7 Å². The third kappa shape index (κ3) is 4.27. The lowest BCUT2D eigenvalue weighted by Crippen LogP contribution is -2.29. The van der Waals surface area contributed by atoms with Gasteiger partial charge in [0.25, 0.3) is 0 Å². The molecule has 1 N–H and O–H groups in total. The Bertz CT molecular complexity index is 856. The Kier molecular flexibility index (Phi) is 5.29. The van der Waals surface area contributed by atoms with Crippen LogP contribution < -0.4 is 15.0 Å². The number of benzene rings is 3. The maximum atomic E-state index is 12.9. The molecule has 3 aromatic carbocycles. The van der Waals surface area contributed by atoms with Crippen molar-refractivity contribution in [1.82, 2.24) is 0 Å². The Labute approximate surface area is 151 Å². The molecular formula is C21H18N2O3. The number of nitrogens with zero attached hydrogens (tertiary/aromatic N) is 1. The molecule has 5 heteroatoms. The van der Waals surface area contributed by atoms with Gasteiger partial charge in [-0.3, -0.25) is 4.79 Å². The zero-order chi connectivity index (χ0) is 18.4. The molecule has 0 aromatic heterocycles. The second-order valence-electron chi connectivity index (χ2n) is 5.58. The Morgan fingerprint density at radius 1 is 0.808 bits per heavy atom. The molecule has 0 bridgehead atoms. The number of hydrogen-bond donors (Lipinski definition) is 1. The fourth-order valence-corrected chi connectivity index (χ4v) is 2.50. The Hall–Kier alpha value is -3.60. The first-order valence-corrected chi connectivity index (χ1v) is 8.13. The molecule has 0 saturated carbocycles. The minimum absolute atomic E-state index is 0.191. The van der Waals surface area contributed by atoms with Gasteiger partial charge in [-0.15, -0.1) is 0 Å². The monoisotopic (exact) mass is 346 g/mol. The number of nitrogens with one attached hydrogen (secondary N) is 1. The van der Waals surface area contributed by atoms with Crippen LogP contribution in [0, 0.1) is 0 Å². The fourth-order valence-electron chi connectivity index (χ4n) is 2.50. The maximum Gasteiger partial charge on any atom is 0.424 e. The van der Waals surface area contributed by atoms with Crippen molar-refractivity contribution in [2.45, 2.75) is 6.92 Å². The standard InChI is InChI=1S/C21H18N2O3/c1-16(24)22-17-9-8-14-20(15-17)26-21(25)23(18-10-4-2-5-11-18)19-12-6-3-7-13-19/h2-15H,1H3,(H,22,24). The molecule has 2 amide bonds. The van der Waals surface area contributed by atoms with Crippen LogP contribution in [-0.4, -0.2) is 12.0 Å². The number of rotatable bonds is 4. The Balaban J connectivity index is 1.88. The quantitative estimate of drug-likeness (QED) is 0.724. The van der Waals surface area contributed by atoms with Crippen LogP contribution in [0.25, 0.3) is 0 Å². The normalized spacial score (nSPS) is 10.0. The Morgan fingerprint density at radius 3 is 1.92 bits per heavy atom. The summed E-state index contributed by atoms with van der Waals surface area (Å²) in [5.74, 6) is 0.154. The van der Waals surface area contributed by atoms with E-state index in [1.54, 1.807) is 24.3 Å². The van der Waals surface area contributed by atoms with Crippen molar-refractivity contribution in [3.63, 3.8) is 0 Å². The first-order valence-electron chi connectivity index (χ1n) is 8.13. The zero-order valence-electron chi connectivity index (χ0n) is 14.3. The zero-order valence-corrected chi connectivity index (χ0v) is 14.3. The van der Waals surface area contributed by atoms with Crippen molar-refractivity contribution >= 4 is 29.1 Å². The minimum atomic E-state index is -0.539. The largest absolute Gasteiger partial charge is 0.424 e. The molecule has 0 radical (unpaired) electrons. The summed E-state index contributed by atoms with van der Waals surface area (Å²) in [4.78, 5) is 25.6. The number of hydrogen-bond acceptors (Lipinski definition) is 3. The number of ether oxygens (including phenoxy) is 1. The van der Waals surface area contributed by atoms with E-state index < -0.39 is 6.09 Å². The van der Waals surface area contributed by atoms with Crippen molar-refractivity contribution in [3.8, 4) is 5.75 Å². The number of carbonyl (C=O) groups excluding carboxylic acids is 2. The van der Waals surface area contributed by atoms with Crippen LogP contribution in [0.4, 0.5) is 21.9 Å². The average molecular weight is 346 g/mol. The van der Waals surface area contributed by atoms with Crippen LogP contribution in [0.3, 0.4) is 0 Å². The van der Waals surface area contributed by atoms with Crippen LogP contribution >= 0.6 is 0 Å². The highest BCUT2D eigenvalue weighted by Crippen LogP contribution is 2.27. The van der Waals surface area contributed by atoms with Crippen LogP contribution in [-0.2, 0) is 4.79 Å². The predicted octanol–water partition coefficient (Wildman–Crippen LogP) is 4.98. The summed E-state index contributed by atoms with van der Waals surface area (Å²) < 4.78 is 5.54. The van der Waals surface area contributed by atoms with E-state index in [9.17, 15) is 9.59 Å². The highest BCUT2D eigenvalue weighted by atomic mass is 16.6. The van der Waals surface area contributed by atoms with Gasteiger partial charge in [-0.2, -0.15) is 0 Å². The lowest BCUT2D eigenvalue weighted by atomic mass is 10.2. The molecule has 0 saturated heterocycles. The molecule has 0 aliphatic heterocycles. The minimum Gasteiger partial charge on any atom is -0.410 e. The second-order valence-corrected chi connectivity index (χ2v) is 5.58. The SMILES string of the molecule is CC(=O)Nc1cccc(OC(=O)N(c2ccccc2)c2ccccc2)c1. The van der Waals surface area contributed by atoms with E-state index in [-0.39, 0.29) is 5.91 Å². The van der Waals surface area contributed by atoms with E-state index in [1.165, 1.54) is 11.8 Å². The molecule has 0 aliphatic rings. The lowest BCUT2D eigenvalue weighted by Gasteiger charge is -2.22. The van der Waals surface area contributed by atoms with E-state index in [4.69, 9.17) is 4.74 Å². The molecule has 5 nitrogen and oxygen atoms in total. The Morgan fingerprint density at radius 2 is 1.38 bits per heavy atom. The van der Waals surface area contributed by atoms with Crippen LogP contribution in [0.1, 0.15) is 6.92 Å². The highest BCUT2D eigenvalue weighted by Gasteiger charge is 2.20. The highest BCUT2D eigenvalue weighted by molar-refractivity contribution is 5.97. The summed E-state index contributed by atoms with van der Waals surface area (Å²) in [6.45, 7) is 1.42. The van der Waals surface area contributed by atoms with Gasteiger partial charge in [0.15, 0.2) is 0 Å². The lowest BCUT2D eigenvalue weighted by molar-refractivity contribution is -0.114. The summed E-state index contributed by atoms with van der Waals surface area (Å²) >= 11 is 0. The first kappa shape index (κ1) is 17.2. The van der Waals surface area contributed by atoms with Gasteiger partial charge < -0.3 is 10.1 Å². The molecule has 0 spiro atoms. The van der Waals surface area contributed by atoms with Crippen molar-refractivity contribution in [2.75, 3.05) is 10.2 Å². The molecule has 0 unspecified atom stereocenters. The molecule has 130 valence electrons. The molecule has 0 aliphatic carbocycles. The first-order chi connectivity index (χ1) is 12.6. The predicted molar refractivity (Wildman–Crippen MR) is 102 cm³/mol. The smallest absolute Gasteiger partial charge is 0.410 e. The van der Waals surface area contributed by atoms with Crippen LogP contribution in [0.2, 0.25) is 0 Å². The van der Waals surface area contributed by atoms with Crippen LogP contribution in [0.5, 0.6) is 5.75 Å². The van der Waals surface area contributed by atoms with Gasteiger partial charge in [0.05, 0.1) is 11.4 Å². The molecule has 0 heterocycles. The van der Waals surface area contributed by atoms with Gasteiger partial charge in [0, 0.05) is 18.7 Å². The summed E-state index contributed by atoms with van der Waals surface area (Å²) in [6, 6.07) is 25.2. The molecule has 0 fully saturated rings. The molecule has 3 rings (SSSR count). The summed E-state index contributed by atoms with van der Waals surface area (Å²) in [5, 5.41) is 2.67. The molecule has 0 atom stereocenters. The summed E-state index contributed by atoms with van der Waals surface area (Å²) in [5.41, 5.74) is 1.96. The summed E-state index contributed by atoms with van der Waals surface area (Å²) in [6.07, 6.45) is -0.539. The van der Waals surface area contributed by atoms with E-state index in [0.29, 0.717) is 22.8 Å². The van der Waals surface area contributed by atoms with Gasteiger partial charge in [-0.05, 0) is 36.4 Å². The third-order valence-electron chi connectivity index (χ3n) is 3.57. The number of para-hydroxylation sites is 2. The van der Waals surface area contributed by atoms with Gasteiger partial charge in [-0.1, -0.05) is 42.5 Å². The van der Waals surface area contributed by atoms with Crippen molar-refractivity contribution in [3.05, 3.63) is 84.9 Å².